The van der Waals surface area contributed by atoms with Crippen LogP contribution in [0.4, 0.5) is 0 Å². The van der Waals surface area contributed by atoms with Gasteiger partial charge in [-0.05, 0) is 36.1 Å². The molecule has 0 aliphatic carbocycles. The molecule has 4 aromatic rings. The number of para-hydroxylation sites is 1. The highest BCUT2D eigenvalue weighted by atomic mass is 16.5. The summed E-state index contributed by atoms with van der Waals surface area (Å²) in [5.74, 6) is 0.523. The second-order valence-electron chi connectivity index (χ2n) is 6.54. The number of esters is 1. The standard InChI is InChI=1S/C24H21NO3/c1-2-27-18-13-11-17(12-14-18)15-24(26)28-16-23-21-9-4-3-7-19(21)20-8-5-6-10-22(20)25-23/h3-14H,2,15-16H2,1H3. The SMILES string of the molecule is CCOc1ccc(CC(=O)OCc2nc3ccccc3c3ccccc23)cc1. The minimum Gasteiger partial charge on any atom is -0.494 e. The van der Waals surface area contributed by atoms with E-state index in [4.69, 9.17) is 14.5 Å². The van der Waals surface area contributed by atoms with Gasteiger partial charge in [0.25, 0.3) is 0 Å². The number of benzene rings is 3. The summed E-state index contributed by atoms with van der Waals surface area (Å²) in [7, 11) is 0. The molecular formula is C24H21NO3. The van der Waals surface area contributed by atoms with Crippen molar-refractivity contribution in [2.24, 2.45) is 0 Å². The van der Waals surface area contributed by atoms with E-state index in [0.29, 0.717) is 6.61 Å². The molecule has 0 fully saturated rings. The zero-order chi connectivity index (χ0) is 19.3. The third-order valence-electron chi connectivity index (χ3n) is 4.64. The van der Waals surface area contributed by atoms with Crippen LogP contribution in [0, 0.1) is 0 Å². The van der Waals surface area contributed by atoms with Gasteiger partial charge < -0.3 is 9.47 Å². The van der Waals surface area contributed by atoms with Crippen LogP contribution in [-0.4, -0.2) is 17.6 Å². The van der Waals surface area contributed by atoms with Crippen molar-refractivity contribution in [2.75, 3.05) is 6.61 Å². The van der Waals surface area contributed by atoms with Gasteiger partial charge in [0, 0.05) is 10.8 Å². The lowest BCUT2D eigenvalue weighted by Gasteiger charge is -2.10. The van der Waals surface area contributed by atoms with E-state index in [1.54, 1.807) is 0 Å². The molecule has 4 heteroatoms. The smallest absolute Gasteiger partial charge is 0.310 e. The van der Waals surface area contributed by atoms with Gasteiger partial charge in [-0.2, -0.15) is 0 Å². The molecular weight excluding hydrogens is 350 g/mol. The molecule has 140 valence electrons. The van der Waals surface area contributed by atoms with Crippen LogP contribution in [0.15, 0.2) is 72.8 Å². The Labute approximate surface area is 163 Å². The fourth-order valence-electron chi connectivity index (χ4n) is 3.32. The highest BCUT2D eigenvalue weighted by Crippen LogP contribution is 2.26. The van der Waals surface area contributed by atoms with Crippen molar-refractivity contribution in [3.63, 3.8) is 0 Å². The Hall–Kier alpha value is -3.40. The normalized spacial score (nSPS) is 10.9. The highest BCUT2D eigenvalue weighted by molar-refractivity contribution is 6.06. The van der Waals surface area contributed by atoms with E-state index in [2.05, 4.69) is 12.1 Å². The summed E-state index contributed by atoms with van der Waals surface area (Å²) in [6, 6.07) is 23.6. The molecule has 0 bridgehead atoms. The Morgan fingerprint density at radius 3 is 2.29 bits per heavy atom. The zero-order valence-electron chi connectivity index (χ0n) is 15.7. The summed E-state index contributed by atoms with van der Waals surface area (Å²) < 4.78 is 11.0. The summed E-state index contributed by atoms with van der Waals surface area (Å²) in [4.78, 5) is 17.0. The van der Waals surface area contributed by atoms with Crippen LogP contribution >= 0.6 is 0 Å². The van der Waals surface area contributed by atoms with Gasteiger partial charge in [0.2, 0.25) is 0 Å². The van der Waals surface area contributed by atoms with E-state index in [0.717, 1.165) is 38.7 Å². The van der Waals surface area contributed by atoms with E-state index in [1.807, 2.05) is 67.6 Å². The van der Waals surface area contributed by atoms with E-state index in [9.17, 15) is 4.79 Å². The second kappa shape index (κ2) is 8.09. The highest BCUT2D eigenvalue weighted by Gasteiger charge is 2.11. The number of aromatic nitrogens is 1. The molecule has 0 amide bonds. The summed E-state index contributed by atoms with van der Waals surface area (Å²) in [6.07, 6.45) is 0.220. The van der Waals surface area contributed by atoms with Crippen molar-refractivity contribution in [1.29, 1.82) is 0 Å². The molecule has 0 atom stereocenters. The summed E-state index contributed by atoms with van der Waals surface area (Å²) >= 11 is 0. The first-order valence-electron chi connectivity index (χ1n) is 9.38. The van der Waals surface area contributed by atoms with Crippen molar-refractivity contribution in [2.45, 2.75) is 20.0 Å². The third kappa shape index (κ3) is 3.81. The topological polar surface area (TPSA) is 48.4 Å². The molecule has 0 aliphatic rings. The predicted molar refractivity (Wildman–Crippen MR) is 110 cm³/mol. The Morgan fingerprint density at radius 1 is 0.857 bits per heavy atom. The number of carbonyl (C=O) groups excluding carboxylic acids is 1. The van der Waals surface area contributed by atoms with Crippen molar-refractivity contribution in [3.8, 4) is 5.75 Å². The first-order valence-corrected chi connectivity index (χ1v) is 9.38. The van der Waals surface area contributed by atoms with Crippen molar-refractivity contribution in [1.82, 2.24) is 4.98 Å². The van der Waals surface area contributed by atoms with Crippen molar-refractivity contribution in [3.05, 3.63) is 84.1 Å². The number of fused-ring (bicyclic) bond motifs is 3. The van der Waals surface area contributed by atoms with Crippen LogP contribution < -0.4 is 4.74 Å². The molecule has 4 rings (SSSR count). The van der Waals surface area contributed by atoms with Crippen LogP contribution in [0.1, 0.15) is 18.2 Å². The van der Waals surface area contributed by atoms with Crippen molar-refractivity contribution >= 4 is 27.6 Å². The first-order chi connectivity index (χ1) is 13.7. The molecule has 0 saturated carbocycles. The molecule has 28 heavy (non-hydrogen) atoms. The summed E-state index contributed by atoms with van der Waals surface area (Å²) in [6.45, 7) is 2.71. The van der Waals surface area contributed by atoms with Crippen LogP contribution in [0.3, 0.4) is 0 Å². The fourth-order valence-corrected chi connectivity index (χ4v) is 3.32. The predicted octanol–water partition coefficient (Wildman–Crippen LogP) is 5.07. The van der Waals surface area contributed by atoms with Gasteiger partial charge >= 0.3 is 5.97 Å². The van der Waals surface area contributed by atoms with Gasteiger partial charge in [0.1, 0.15) is 12.4 Å². The molecule has 3 aromatic carbocycles. The van der Waals surface area contributed by atoms with Gasteiger partial charge in [-0.3, -0.25) is 4.79 Å². The molecule has 0 radical (unpaired) electrons. The van der Waals surface area contributed by atoms with Crippen molar-refractivity contribution < 1.29 is 14.3 Å². The average Bonchev–Trinajstić information content (AvgIpc) is 2.74. The number of hydrogen-bond acceptors (Lipinski definition) is 4. The molecule has 0 N–H and O–H groups in total. The lowest BCUT2D eigenvalue weighted by molar-refractivity contribution is -0.144. The Balaban J connectivity index is 1.51. The Kier molecular flexibility index (Phi) is 5.20. The second-order valence-corrected chi connectivity index (χ2v) is 6.54. The summed E-state index contributed by atoms with van der Waals surface area (Å²) in [5, 5.41) is 3.23. The van der Waals surface area contributed by atoms with Crippen LogP contribution in [0.2, 0.25) is 0 Å². The van der Waals surface area contributed by atoms with Crippen LogP contribution in [0.5, 0.6) is 5.75 Å². The first kappa shape index (κ1) is 18.0. The van der Waals surface area contributed by atoms with E-state index < -0.39 is 0 Å². The van der Waals surface area contributed by atoms with Gasteiger partial charge in [-0.1, -0.05) is 54.6 Å². The number of ether oxygens (including phenoxy) is 2. The monoisotopic (exact) mass is 371 g/mol. The number of pyridine rings is 1. The molecule has 0 saturated heterocycles. The average molecular weight is 371 g/mol. The Morgan fingerprint density at radius 2 is 1.54 bits per heavy atom. The fraction of sp³-hybridized carbons (Fsp3) is 0.167. The van der Waals surface area contributed by atoms with E-state index in [1.165, 1.54) is 0 Å². The zero-order valence-corrected chi connectivity index (χ0v) is 15.7. The number of rotatable bonds is 6. The lowest BCUT2D eigenvalue weighted by Crippen LogP contribution is -2.09. The molecule has 0 unspecified atom stereocenters. The molecule has 0 aliphatic heterocycles. The summed E-state index contributed by atoms with van der Waals surface area (Å²) in [5.41, 5.74) is 2.57. The molecule has 1 heterocycles. The van der Waals surface area contributed by atoms with E-state index >= 15 is 0 Å². The number of hydrogen-bond donors (Lipinski definition) is 0. The van der Waals surface area contributed by atoms with E-state index in [-0.39, 0.29) is 19.0 Å². The molecule has 1 aromatic heterocycles. The third-order valence-corrected chi connectivity index (χ3v) is 4.64. The minimum absolute atomic E-state index is 0.154. The van der Waals surface area contributed by atoms with Gasteiger partial charge in [0.05, 0.1) is 24.2 Å². The maximum absolute atomic E-state index is 12.3. The number of nitrogens with zero attached hydrogens (tertiary/aromatic N) is 1. The maximum atomic E-state index is 12.3. The number of carbonyl (C=O) groups is 1. The largest absolute Gasteiger partial charge is 0.494 e. The minimum atomic E-state index is -0.275. The molecule has 4 nitrogen and oxygen atoms in total. The van der Waals surface area contributed by atoms with Crippen LogP contribution in [-0.2, 0) is 22.6 Å². The van der Waals surface area contributed by atoms with Gasteiger partial charge in [-0.15, -0.1) is 0 Å². The van der Waals surface area contributed by atoms with Gasteiger partial charge in [0.15, 0.2) is 0 Å². The Bertz CT molecular complexity index is 1120. The quantitative estimate of drug-likeness (QED) is 0.351. The molecule has 0 spiro atoms. The lowest BCUT2D eigenvalue weighted by atomic mass is 10.0. The maximum Gasteiger partial charge on any atom is 0.310 e. The van der Waals surface area contributed by atoms with Crippen LogP contribution in [0.25, 0.3) is 21.7 Å². The van der Waals surface area contributed by atoms with Gasteiger partial charge in [-0.25, -0.2) is 4.98 Å².